The van der Waals surface area contributed by atoms with Gasteiger partial charge in [-0.05, 0) is 69.2 Å². The van der Waals surface area contributed by atoms with Gasteiger partial charge in [-0.15, -0.1) is 0 Å². The Morgan fingerprint density at radius 1 is 1.00 bits per heavy atom. The number of carboxylic acids is 1. The molecule has 0 spiro atoms. The number of carbonyl (C=O) groups is 3. The number of carbonyl (C=O) groups excluding carboxylic acids is 3. The Bertz CT molecular complexity index is 823. The van der Waals surface area contributed by atoms with Gasteiger partial charge in [-0.1, -0.05) is 26.2 Å². The lowest BCUT2D eigenvalue weighted by atomic mass is 9.83. The highest BCUT2D eigenvalue weighted by Gasteiger charge is 2.48. The van der Waals surface area contributed by atoms with E-state index in [9.17, 15) is 28.3 Å². The Morgan fingerprint density at radius 2 is 1.53 bits per heavy atom. The van der Waals surface area contributed by atoms with Crippen LogP contribution in [-0.4, -0.2) is 35.5 Å². The zero-order valence-electron chi connectivity index (χ0n) is 18.2. The van der Waals surface area contributed by atoms with Crippen molar-refractivity contribution in [1.82, 2.24) is 0 Å². The normalized spacial score (nSPS) is 19.8. The zero-order valence-corrected chi connectivity index (χ0v) is 18.2. The maximum absolute atomic E-state index is 14.3. The number of halogens is 2. The van der Waals surface area contributed by atoms with Crippen molar-refractivity contribution in [2.24, 2.45) is 5.92 Å². The minimum absolute atomic E-state index is 0.0532. The van der Waals surface area contributed by atoms with Crippen LogP contribution in [0.3, 0.4) is 0 Å². The van der Waals surface area contributed by atoms with E-state index in [1.807, 2.05) is 6.92 Å². The molecular formula is C24H29F2O6-. The van der Waals surface area contributed by atoms with Crippen LogP contribution in [0.1, 0.15) is 91.8 Å². The summed E-state index contributed by atoms with van der Waals surface area (Å²) in [5.74, 6) is -9.18. The van der Waals surface area contributed by atoms with Crippen molar-refractivity contribution in [3.8, 4) is 0 Å². The van der Waals surface area contributed by atoms with Crippen molar-refractivity contribution < 1.29 is 37.7 Å². The Kier molecular flexibility index (Phi) is 7.51. The molecule has 1 aromatic carbocycles. The molecule has 0 aliphatic heterocycles. The molecule has 1 unspecified atom stereocenters. The Morgan fingerprint density at radius 3 is 2.03 bits per heavy atom. The Balaban J connectivity index is 1.70. The molecule has 32 heavy (non-hydrogen) atoms. The summed E-state index contributed by atoms with van der Waals surface area (Å²) < 4.78 is 39.3. The molecule has 3 rings (SSSR count). The molecule has 0 radical (unpaired) electrons. The number of carboxylic acid groups (broad SMARTS) is 1. The number of alkyl halides is 2. The minimum atomic E-state index is -4.29. The molecule has 0 N–H and O–H groups in total. The third-order valence-corrected chi connectivity index (χ3v) is 6.77. The van der Waals surface area contributed by atoms with E-state index < -0.39 is 41.5 Å². The lowest BCUT2D eigenvalue weighted by molar-refractivity contribution is -0.337. The quantitative estimate of drug-likeness (QED) is 0.554. The topological polar surface area (TPSA) is 92.7 Å². The fourth-order valence-corrected chi connectivity index (χ4v) is 4.75. The summed E-state index contributed by atoms with van der Waals surface area (Å²) in [5.41, 5.74) is -0.272. The van der Waals surface area contributed by atoms with Crippen molar-refractivity contribution in [2.45, 2.75) is 88.8 Å². The molecule has 2 saturated carbocycles. The van der Waals surface area contributed by atoms with Gasteiger partial charge in [0.1, 0.15) is 11.6 Å². The van der Waals surface area contributed by atoms with Crippen LogP contribution >= 0.6 is 0 Å². The van der Waals surface area contributed by atoms with Gasteiger partial charge >= 0.3 is 17.9 Å². The molecule has 0 bridgehead atoms. The molecule has 0 amide bonds. The molecule has 1 atom stereocenters. The van der Waals surface area contributed by atoms with E-state index in [0.29, 0.717) is 25.7 Å². The molecule has 2 fully saturated rings. The maximum atomic E-state index is 14.3. The third-order valence-electron chi connectivity index (χ3n) is 6.77. The lowest BCUT2D eigenvalue weighted by Crippen LogP contribution is -2.54. The van der Waals surface area contributed by atoms with Crippen molar-refractivity contribution >= 4 is 17.9 Å². The summed E-state index contributed by atoms with van der Waals surface area (Å²) in [4.78, 5) is 36.1. The molecule has 2 aliphatic rings. The third kappa shape index (κ3) is 5.27. The fourth-order valence-electron chi connectivity index (χ4n) is 4.75. The van der Waals surface area contributed by atoms with Crippen molar-refractivity contribution in [2.75, 3.05) is 0 Å². The fraction of sp³-hybridized carbons (Fsp3) is 0.625. The second-order valence-corrected chi connectivity index (χ2v) is 8.84. The predicted molar refractivity (Wildman–Crippen MR) is 109 cm³/mol. The van der Waals surface area contributed by atoms with E-state index in [0.717, 1.165) is 38.5 Å². The average Bonchev–Trinajstić information content (AvgIpc) is 3.26. The highest BCUT2D eigenvalue weighted by atomic mass is 19.3. The standard InChI is InChI=1S/C24H30F2O6/c1-2-23(14-6-7-15-23)32-21(28)18-12-10-17(11-13-18)20(27)31-19(24(25,26)22(29)30)16-8-4-3-5-9-16/h10-13,16,19H,2-9,14-15H2,1H3,(H,29,30)/p-1. The van der Waals surface area contributed by atoms with Gasteiger partial charge < -0.3 is 19.4 Å². The summed E-state index contributed by atoms with van der Waals surface area (Å²) in [6, 6.07) is 5.34. The van der Waals surface area contributed by atoms with Crippen LogP contribution in [0.4, 0.5) is 8.78 Å². The molecule has 176 valence electrons. The number of rotatable bonds is 8. The Hall–Kier alpha value is -2.51. The molecule has 1 aromatic rings. The molecule has 0 saturated heterocycles. The van der Waals surface area contributed by atoms with Crippen LogP contribution in [0, 0.1) is 5.92 Å². The van der Waals surface area contributed by atoms with Gasteiger partial charge in [0.25, 0.3) is 0 Å². The van der Waals surface area contributed by atoms with Gasteiger partial charge in [0, 0.05) is 5.92 Å². The van der Waals surface area contributed by atoms with Gasteiger partial charge in [-0.2, -0.15) is 8.78 Å². The van der Waals surface area contributed by atoms with Crippen molar-refractivity contribution in [3.05, 3.63) is 35.4 Å². The highest BCUT2D eigenvalue weighted by molar-refractivity contribution is 5.93. The first-order chi connectivity index (χ1) is 15.2. The Labute approximate surface area is 186 Å². The number of hydrogen-bond acceptors (Lipinski definition) is 6. The molecule has 0 heterocycles. The number of aliphatic carboxylic acids is 1. The maximum Gasteiger partial charge on any atom is 0.338 e. The average molecular weight is 451 g/mol. The number of ether oxygens (including phenoxy) is 2. The number of esters is 2. The highest BCUT2D eigenvalue weighted by Crippen LogP contribution is 2.37. The van der Waals surface area contributed by atoms with E-state index in [-0.39, 0.29) is 11.1 Å². The monoisotopic (exact) mass is 451 g/mol. The van der Waals surface area contributed by atoms with E-state index in [1.165, 1.54) is 24.3 Å². The molecular weight excluding hydrogens is 422 g/mol. The van der Waals surface area contributed by atoms with Crippen LogP contribution in [0.25, 0.3) is 0 Å². The summed E-state index contributed by atoms with van der Waals surface area (Å²) in [7, 11) is 0. The van der Waals surface area contributed by atoms with Crippen LogP contribution in [0.15, 0.2) is 24.3 Å². The van der Waals surface area contributed by atoms with Gasteiger partial charge in [-0.25, -0.2) is 9.59 Å². The molecule has 2 aliphatic carbocycles. The second-order valence-electron chi connectivity index (χ2n) is 8.84. The second kappa shape index (κ2) is 9.96. The molecule has 8 heteroatoms. The van der Waals surface area contributed by atoms with E-state index in [2.05, 4.69) is 0 Å². The first kappa shape index (κ1) is 24.1. The van der Waals surface area contributed by atoms with Gasteiger partial charge in [-0.3, -0.25) is 0 Å². The van der Waals surface area contributed by atoms with Crippen molar-refractivity contribution in [3.63, 3.8) is 0 Å². The summed E-state index contributed by atoms with van der Waals surface area (Å²) in [6.07, 6.45) is 5.16. The predicted octanol–water partition coefficient (Wildman–Crippen LogP) is 4.06. The lowest BCUT2D eigenvalue weighted by Gasteiger charge is -2.35. The van der Waals surface area contributed by atoms with Crippen molar-refractivity contribution in [1.29, 1.82) is 0 Å². The number of hydrogen-bond donors (Lipinski definition) is 0. The van der Waals surface area contributed by atoms with E-state index in [4.69, 9.17) is 9.47 Å². The van der Waals surface area contributed by atoms with Crippen LogP contribution in [0.2, 0.25) is 0 Å². The smallest absolute Gasteiger partial charge is 0.338 e. The summed E-state index contributed by atoms with van der Waals surface area (Å²) in [6.45, 7) is 1.98. The molecule has 0 aromatic heterocycles. The van der Waals surface area contributed by atoms with Crippen LogP contribution in [-0.2, 0) is 14.3 Å². The van der Waals surface area contributed by atoms with Crippen LogP contribution in [0.5, 0.6) is 0 Å². The number of benzene rings is 1. The van der Waals surface area contributed by atoms with Gasteiger partial charge in [0.15, 0.2) is 6.10 Å². The first-order valence-electron chi connectivity index (χ1n) is 11.3. The van der Waals surface area contributed by atoms with Crippen LogP contribution < -0.4 is 5.11 Å². The van der Waals surface area contributed by atoms with Gasteiger partial charge in [0.05, 0.1) is 11.1 Å². The summed E-state index contributed by atoms with van der Waals surface area (Å²) >= 11 is 0. The van der Waals surface area contributed by atoms with E-state index >= 15 is 0 Å². The van der Waals surface area contributed by atoms with E-state index in [1.54, 1.807) is 0 Å². The zero-order chi connectivity index (χ0) is 23.4. The summed E-state index contributed by atoms with van der Waals surface area (Å²) in [5, 5.41) is 11.0. The van der Waals surface area contributed by atoms with Gasteiger partial charge in [0.2, 0.25) is 0 Å². The SMILES string of the molecule is CCC1(OC(=O)c2ccc(C(=O)OC(C3CCCCC3)C(F)(F)C(=O)[O-])cc2)CCCC1. The largest absolute Gasteiger partial charge is 0.544 e. The first-order valence-corrected chi connectivity index (χ1v) is 11.3. The minimum Gasteiger partial charge on any atom is -0.544 e. The molecule has 6 nitrogen and oxygen atoms in total.